The molecule has 254 valence electrons. The third-order valence-electron chi connectivity index (χ3n) is 10.0. The quantitative estimate of drug-likeness (QED) is 0.174. The number of allylic oxidation sites excluding steroid dienone is 1. The van der Waals surface area contributed by atoms with Crippen molar-refractivity contribution in [2.24, 2.45) is 4.99 Å². The van der Waals surface area contributed by atoms with Gasteiger partial charge < -0.3 is 5.32 Å². The molecule has 5 nitrogen and oxygen atoms in total. The Balaban J connectivity index is 0.995. The Kier molecular flexibility index (Phi) is 7.81. The number of aliphatic imine (C=N–C) groups is 1. The molecule has 9 aromatic rings. The van der Waals surface area contributed by atoms with E-state index in [9.17, 15) is 0 Å². The van der Waals surface area contributed by atoms with E-state index in [4.69, 9.17) is 20.3 Å². The lowest BCUT2D eigenvalue weighted by Crippen LogP contribution is -2.09. The Hall–Kier alpha value is -7.24. The van der Waals surface area contributed by atoms with Crippen LogP contribution in [0.3, 0.4) is 0 Å². The summed E-state index contributed by atoms with van der Waals surface area (Å²) in [6.45, 7) is 0. The van der Waals surface area contributed by atoms with Gasteiger partial charge in [0.1, 0.15) is 0 Å². The van der Waals surface area contributed by atoms with Crippen LogP contribution in [-0.2, 0) is 0 Å². The van der Waals surface area contributed by atoms with E-state index in [1.54, 1.807) is 0 Å². The number of pyridine rings is 3. The van der Waals surface area contributed by atoms with E-state index in [-0.39, 0.29) is 6.17 Å². The summed E-state index contributed by atoms with van der Waals surface area (Å²) in [4.78, 5) is 20.1. The Labute approximate surface area is 313 Å². The van der Waals surface area contributed by atoms with Gasteiger partial charge in [0.05, 0.1) is 33.6 Å². The summed E-state index contributed by atoms with van der Waals surface area (Å²) in [5.41, 5.74) is 13.9. The molecule has 0 N–H and O–H groups in total. The molecule has 0 bridgehead atoms. The van der Waals surface area contributed by atoms with Gasteiger partial charge in [-0.15, -0.1) is 5.70 Å². The lowest BCUT2D eigenvalue weighted by atomic mass is 9.97. The third-order valence-corrected chi connectivity index (χ3v) is 10.0. The minimum Gasteiger partial charge on any atom is -0.659 e. The highest BCUT2D eigenvalue weighted by atomic mass is 15.1. The molecule has 3 aromatic heterocycles. The molecule has 4 heterocycles. The van der Waals surface area contributed by atoms with Crippen molar-refractivity contribution < 1.29 is 0 Å². The van der Waals surface area contributed by atoms with Crippen LogP contribution >= 0.6 is 0 Å². The topological polar surface area (TPSA) is 65.1 Å². The van der Waals surface area contributed by atoms with Gasteiger partial charge >= 0.3 is 0 Å². The predicted octanol–water partition coefficient (Wildman–Crippen LogP) is 12.2. The van der Waals surface area contributed by atoms with Crippen LogP contribution in [0, 0.1) is 0 Å². The van der Waals surface area contributed by atoms with Gasteiger partial charge in [0.2, 0.25) is 0 Å². The highest BCUT2D eigenvalue weighted by Gasteiger charge is 2.14. The second kappa shape index (κ2) is 13.4. The van der Waals surface area contributed by atoms with Crippen molar-refractivity contribution in [2.75, 3.05) is 0 Å². The normalized spacial score (nSPS) is 14.1. The smallest absolute Gasteiger partial charge is 0.0795 e. The number of benzene rings is 6. The maximum absolute atomic E-state index is 5.18. The number of fused-ring (bicyclic) bond motifs is 3. The molecule has 0 radical (unpaired) electrons. The zero-order valence-corrected chi connectivity index (χ0v) is 29.2. The largest absolute Gasteiger partial charge is 0.659 e. The van der Waals surface area contributed by atoms with Crippen molar-refractivity contribution in [1.82, 2.24) is 15.0 Å². The number of aromatic nitrogens is 3. The second-order valence-electron chi connectivity index (χ2n) is 13.5. The van der Waals surface area contributed by atoms with E-state index in [2.05, 4.69) is 145 Å². The Morgan fingerprint density at radius 1 is 0.444 bits per heavy atom. The van der Waals surface area contributed by atoms with Crippen LogP contribution in [0.4, 0.5) is 0 Å². The summed E-state index contributed by atoms with van der Waals surface area (Å²) in [5, 5.41) is 8.31. The molecule has 1 aliphatic rings. The first kappa shape index (κ1) is 31.5. The minimum atomic E-state index is -0.319. The Bertz CT molecular complexity index is 2910. The Morgan fingerprint density at radius 2 is 1.07 bits per heavy atom. The van der Waals surface area contributed by atoms with Crippen LogP contribution in [0.5, 0.6) is 0 Å². The van der Waals surface area contributed by atoms with Gasteiger partial charge in [0.15, 0.2) is 0 Å². The van der Waals surface area contributed by atoms with Crippen LogP contribution in [0.1, 0.15) is 22.9 Å². The van der Waals surface area contributed by atoms with E-state index in [0.717, 1.165) is 94.4 Å². The molecule has 0 fully saturated rings. The van der Waals surface area contributed by atoms with Gasteiger partial charge in [-0.1, -0.05) is 146 Å². The highest BCUT2D eigenvalue weighted by molar-refractivity contribution is 6.15. The van der Waals surface area contributed by atoms with Gasteiger partial charge in [0.25, 0.3) is 0 Å². The first-order chi connectivity index (χ1) is 26.7. The molecule has 6 aromatic carbocycles. The second-order valence-corrected chi connectivity index (χ2v) is 13.5. The summed E-state index contributed by atoms with van der Waals surface area (Å²) in [6.07, 6.45) is 3.61. The number of hydrogen-bond acceptors (Lipinski definition) is 4. The SMILES string of the molecule is C1=C(c2ccccc2)[N-]C(c2ccccc2)N=C1c1cccc(-c2ccc3ccc(-c4ccc5ccc(-c6cccc7cccnc67)nc5c4)nc3c2)c1. The molecule has 0 spiro atoms. The summed E-state index contributed by atoms with van der Waals surface area (Å²) < 4.78 is 0. The Morgan fingerprint density at radius 3 is 1.91 bits per heavy atom. The number of nitrogens with zero attached hydrogens (tertiary/aromatic N) is 5. The maximum Gasteiger partial charge on any atom is 0.0795 e. The van der Waals surface area contributed by atoms with Crippen LogP contribution in [0.2, 0.25) is 0 Å². The molecular weight excluding hydrogens is 659 g/mol. The molecular formula is C49H32N5-. The van der Waals surface area contributed by atoms with Crippen LogP contribution in [-0.4, -0.2) is 20.7 Å². The summed E-state index contributed by atoms with van der Waals surface area (Å²) in [5.74, 6) is 0. The zero-order chi connectivity index (χ0) is 35.8. The lowest BCUT2D eigenvalue weighted by molar-refractivity contribution is 0.879. The summed E-state index contributed by atoms with van der Waals surface area (Å²) in [7, 11) is 0. The maximum atomic E-state index is 5.18. The standard InChI is InChI=1S/C49H32N5/c1-3-10-32(11-4-1)46-31-47(54-49(53-46)36-12-5-2-6-13-36)39-16-7-15-37(28-39)38-21-19-33-23-25-42(51-44(33)29-38)40-22-20-34-24-26-43(52-45(34)30-40)41-18-8-14-35-17-9-27-50-48(35)41/h1-31,49H/q-1. The first-order valence-electron chi connectivity index (χ1n) is 18.1. The van der Waals surface area contributed by atoms with Crippen molar-refractivity contribution in [1.29, 1.82) is 0 Å². The van der Waals surface area contributed by atoms with E-state index >= 15 is 0 Å². The van der Waals surface area contributed by atoms with Gasteiger partial charge in [-0.25, -0.2) is 9.97 Å². The number of para-hydroxylation sites is 1. The monoisotopic (exact) mass is 690 g/mol. The zero-order valence-electron chi connectivity index (χ0n) is 29.2. The molecule has 0 saturated heterocycles. The fourth-order valence-electron chi connectivity index (χ4n) is 7.25. The fourth-order valence-corrected chi connectivity index (χ4v) is 7.25. The number of hydrogen-bond donors (Lipinski definition) is 0. The molecule has 5 heteroatoms. The van der Waals surface area contributed by atoms with Crippen molar-refractivity contribution in [2.45, 2.75) is 6.17 Å². The van der Waals surface area contributed by atoms with Gasteiger partial charge in [-0.05, 0) is 58.7 Å². The predicted molar refractivity (Wildman–Crippen MR) is 222 cm³/mol. The molecule has 1 aliphatic heterocycles. The van der Waals surface area contributed by atoms with Crippen LogP contribution in [0.15, 0.2) is 193 Å². The molecule has 0 saturated carbocycles. The molecule has 0 amide bonds. The average Bonchev–Trinajstić information content (AvgIpc) is 3.26. The van der Waals surface area contributed by atoms with Crippen LogP contribution < -0.4 is 0 Å². The van der Waals surface area contributed by atoms with Gasteiger partial charge in [0, 0.05) is 45.2 Å². The van der Waals surface area contributed by atoms with Gasteiger partial charge in [-0.2, -0.15) is 0 Å². The lowest BCUT2D eigenvalue weighted by Gasteiger charge is -2.37. The van der Waals surface area contributed by atoms with Crippen molar-refractivity contribution in [3.63, 3.8) is 0 Å². The number of rotatable bonds is 6. The molecule has 10 rings (SSSR count). The van der Waals surface area contributed by atoms with E-state index in [1.807, 2.05) is 48.7 Å². The van der Waals surface area contributed by atoms with Crippen molar-refractivity contribution >= 4 is 44.1 Å². The average molecular weight is 691 g/mol. The molecule has 1 unspecified atom stereocenters. The van der Waals surface area contributed by atoms with E-state index < -0.39 is 0 Å². The van der Waals surface area contributed by atoms with E-state index in [0.29, 0.717) is 0 Å². The van der Waals surface area contributed by atoms with Crippen molar-refractivity contribution in [3.05, 3.63) is 210 Å². The molecule has 0 aliphatic carbocycles. The fraction of sp³-hybridized carbons (Fsp3) is 0.0204. The minimum absolute atomic E-state index is 0.319. The van der Waals surface area contributed by atoms with Crippen LogP contribution in [0.25, 0.3) is 77.4 Å². The first-order valence-corrected chi connectivity index (χ1v) is 18.1. The highest BCUT2D eigenvalue weighted by Crippen LogP contribution is 2.38. The van der Waals surface area contributed by atoms with Gasteiger partial charge in [-0.3, -0.25) is 9.98 Å². The summed E-state index contributed by atoms with van der Waals surface area (Å²) >= 11 is 0. The molecule has 54 heavy (non-hydrogen) atoms. The summed E-state index contributed by atoms with van der Waals surface area (Å²) in [6, 6.07) is 60.8. The third kappa shape index (κ3) is 5.98. The van der Waals surface area contributed by atoms with E-state index in [1.165, 1.54) is 0 Å². The van der Waals surface area contributed by atoms with Crippen molar-refractivity contribution in [3.8, 4) is 33.6 Å². The molecule has 1 atom stereocenters.